The number of hydrogen-bond acceptors (Lipinski definition) is 4. The van der Waals surface area contributed by atoms with E-state index in [0.29, 0.717) is 35.0 Å². The first-order valence-electron chi connectivity index (χ1n) is 6.00. The van der Waals surface area contributed by atoms with Gasteiger partial charge in [0.15, 0.2) is 5.43 Å². The maximum atomic E-state index is 11.8. The lowest BCUT2D eigenvalue weighted by Gasteiger charge is -2.09. The first-order chi connectivity index (χ1) is 8.60. The van der Waals surface area contributed by atoms with Gasteiger partial charge in [-0.2, -0.15) is 0 Å². The van der Waals surface area contributed by atoms with Crippen LogP contribution in [-0.2, 0) is 6.54 Å². The molecule has 0 saturated carbocycles. The minimum atomic E-state index is -0.0768. The highest BCUT2D eigenvalue weighted by atomic mass is 16.5. The van der Waals surface area contributed by atoms with Crippen LogP contribution >= 0.6 is 0 Å². The highest BCUT2D eigenvalue weighted by molar-refractivity contribution is 5.77. The molecule has 2 rings (SSSR count). The van der Waals surface area contributed by atoms with Gasteiger partial charge >= 0.3 is 0 Å². The van der Waals surface area contributed by atoms with Crippen LogP contribution < -0.4 is 15.9 Å². The maximum Gasteiger partial charge on any atom is 0.193 e. The lowest BCUT2D eigenvalue weighted by molar-refractivity contribution is 0.271. The lowest BCUT2D eigenvalue weighted by Crippen LogP contribution is -2.07. The van der Waals surface area contributed by atoms with Gasteiger partial charge in [-0.15, -0.1) is 0 Å². The Morgan fingerprint density at radius 3 is 2.78 bits per heavy atom. The maximum absolute atomic E-state index is 11.8. The molecule has 0 saturated heterocycles. The van der Waals surface area contributed by atoms with Gasteiger partial charge in [0.05, 0.1) is 18.5 Å². The van der Waals surface area contributed by atoms with Gasteiger partial charge in [0.25, 0.3) is 0 Å². The molecule has 0 aliphatic carbocycles. The van der Waals surface area contributed by atoms with Crippen LogP contribution in [0.5, 0.6) is 5.75 Å². The predicted molar refractivity (Wildman–Crippen MR) is 70.7 cm³/mol. The fraction of sp³-hybridized carbons (Fsp3) is 0.357. The molecule has 0 spiro atoms. The van der Waals surface area contributed by atoms with Gasteiger partial charge in [-0.25, -0.2) is 0 Å². The molecule has 18 heavy (non-hydrogen) atoms. The molecule has 0 bridgehead atoms. The second-order valence-corrected chi connectivity index (χ2v) is 4.64. The van der Waals surface area contributed by atoms with Crippen molar-refractivity contribution in [1.82, 2.24) is 0 Å². The molecule has 96 valence electrons. The van der Waals surface area contributed by atoms with E-state index in [-0.39, 0.29) is 12.0 Å². The number of nitrogens with two attached hydrogens (primary N) is 1. The second kappa shape index (κ2) is 5.23. The SMILES string of the molecule is CC(C)COc1ccc2c(=O)cc(CN)oc2c1. The summed E-state index contributed by atoms with van der Waals surface area (Å²) in [6, 6.07) is 6.66. The predicted octanol–water partition coefficient (Wildman–Crippen LogP) is 2.29. The van der Waals surface area contributed by atoms with Gasteiger partial charge in [-0.1, -0.05) is 13.8 Å². The Morgan fingerprint density at radius 2 is 2.11 bits per heavy atom. The van der Waals surface area contributed by atoms with Crippen LogP contribution in [0.3, 0.4) is 0 Å². The van der Waals surface area contributed by atoms with Gasteiger partial charge in [0.2, 0.25) is 0 Å². The topological polar surface area (TPSA) is 65.5 Å². The second-order valence-electron chi connectivity index (χ2n) is 4.64. The minimum absolute atomic E-state index is 0.0768. The number of benzene rings is 1. The summed E-state index contributed by atoms with van der Waals surface area (Å²) in [6.07, 6.45) is 0. The van der Waals surface area contributed by atoms with Gasteiger partial charge in [-0.3, -0.25) is 4.79 Å². The zero-order valence-electron chi connectivity index (χ0n) is 10.6. The molecule has 0 atom stereocenters. The van der Waals surface area contributed by atoms with E-state index in [0.717, 1.165) is 0 Å². The largest absolute Gasteiger partial charge is 0.493 e. The molecule has 0 fully saturated rings. The van der Waals surface area contributed by atoms with E-state index < -0.39 is 0 Å². The van der Waals surface area contributed by atoms with Crippen molar-refractivity contribution < 1.29 is 9.15 Å². The molecule has 2 aromatic rings. The van der Waals surface area contributed by atoms with E-state index in [4.69, 9.17) is 14.9 Å². The normalized spacial score (nSPS) is 11.1. The number of hydrogen-bond donors (Lipinski definition) is 1. The third kappa shape index (κ3) is 2.71. The Labute approximate surface area is 105 Å². The van der Waals surface area contributed by atoms with Crippen molar-refractivity contribution in [2.45, 2.75) is 20.4 Å². The Bertz CT molecular complexity index is 602. The highest BCUT2D eigenvalue weighted by Gasteiger charge is 2.06. The zero-order chi connectivity index (χ0) is 13.1. The lowest BCUT2D eigenvalue weighted by atomic mass is 10.2. The standard InChI is InChI=1S/C14H17NO3/c1-9(2)8-17-10-3-4-12-13(16)5-11(7-15)18-14(12)6-10/h3-6,9H,7-8,15H2,1-2H3. The van der Waals surface area contributed by atoms with E-state index in [1.54, 1.807) is 18.2 Å². The summed E-state index contributed by atoms with van der Waals surface area (Å²) >= 11 is 0. The average molecular weight is 247 g/mol. The van der Waals surface area contributed by atoms with Gasteiger partial charge in [0.1, 0.15) is 17.1 Å². The van der Waals surface area contributed by atoms with Crippen molar-refractivity contribution in [2.75, 3.05) is 6.61 Å². The Morgan fingerprint density at radius 1 is 1.33 bits per heavy atom. The van der Waals surface area contributed by atoms with E-state index in [1.807, 2.05) is 0 Å². The number of fused-ring (bicyclic) bond motifs is 1. The summed E-state index contributed by atoms with van der Waals surface area (Å²) in [4.78, 5) is 11.8. The van der Waals surface area contributed by atoms with Gasteiger partial charge < -0.3 is 14.9 Å². The summed E-state index contributed by atoms with van der Waals surface area (Å²) in [5.41, 5.74) is 5.92. The van der Waals surface area contributed by atoms with Crippen LogP contribution in [0.25, 0.3) is 11.0 Å². The molecular formula is C14H17NO3. The Kier molecular flexibility index (Phi) is 3.67. The molecule has 4 nitrogen and oxygen atoms in total. The fourth-order valence-corrected chi connectivity index (χ4v) is 1.64. The minimum Gasteiger partial charge on any atom is -0.493 e. The third-order valence-electron chi connectivity index (χ3n) is 2.54. The van der Waals surface area contributed by atoms with Crippen molar-refractivity contribution in [2.24, 2.45) is 11.7 Å². The third-order valence-corrected chi connectivity index (χ3v) is 2.54. The van der Waals surface area contributed by atoms with Crippen molar-refractivity contribution in [3.8, 4) is 5.75 Å². The highest BCUT2D eigenvalue weighted by Crippen LogP contribution is 2.20. The molecule has 1 aromatic heterocycles. The molecule has 1 heterocycles. The molecule has 1 aromatic carbocycles. The molecule has 0 amide bonds. The van der Waals surface area contributed by atoms with Crippen molar-refractivity contribution in [3.63, 3.8) is 0 Å². The Hall–Kier alpha value is -1.81. The summed E-state index contributed by atoms with van der Waals surface area (Å²) in [7, 11) is 0. The summed E-state index contributed by atoms with van der Waals surface area (Å²) < 4.78 is 11.1. The zero-order valence-corrected chi connectivity index (χ0v) is 10.6. The molecule has 0 radical (unpaired) electrons. The van der Waals surface area contributed by atoms with Crippen LogP contribution in [0.2, 0.25) is 0 Å². The first kappa shape index (κ1) is 12.6. The van der Waals surface area contributed by atoms with Crippen LogP contribution in [0.1, 0.15) is 19.6 Å². The van der Waals surface area contributed by atoms with Crippen LogP contribution in [0.15, 0.2) is 33.5 Å². The smallest absolute Gasteiger partial charge is 0.193 e. The summed E-state index contributed by atoms with van der Waals surface area (Å²) in [5, 5.41) is 0.545. The van der Waals surface area contributed by atoms with Crippen molar-refractivity contribution in [3.05, 3.63) is 40.2 Å². The monoisotopic (exact) mass is 247 g/mol. The molecular weight excluding hydrogens is 230 g/mol. The molecule has 0 unspecified atom stereocenters. The molecule has 0 aliphatic rings. The van der Waals surface area contributed by atoms with E-state index >= 15 is 0 Å². The van der Waals surface area contributed by atoms with Crippen LogP contribution in [0.4, 0.5) is 0 Å². The van der Waals surface area contributed by atoms with Gasteiger partial charge in [-0.05, 0) is 18.1 Å². The van der Waals surface area contributed by atoms with Crippen LogP contribution in [-0.4, -0.2) is 6.61 Å². The molecule has 0 aliphatic heterocycles. The summed E-state index contributed by atoms with van der Waals surface area (Å²) in [6.45, 7) is 5.00. The number of rotatable bonds is 4. The molecule has 2 N–H and O–H groups in total. The van der Waals surface area contributed by atoms with Crippen molar-refractivity contribution in [1.29, 1.82) is 0 Å². The Balaban J connectivity index is 2.40. The summed E-state index contributed by atoms with van der Waals surface area (Å²) in [5.74, 6) is 1.63. The number of ether oxygens (including phenoxy) is 1. The van der Waals surface area contributed by atoms with Crippen LogP contribution in [0, 0.1) is 5.92 Å². The molecule has 4 heteroatoms. The van der Waals surface area contributed by atoms with E-state index in [9.17, 15) is 4.79 Å². The van der Waals surface area contributed by atoms with Gasteiger partial charge in [0, 0.05) is 12.1 Å². The van der Waals surface area contributed by atoms with Crippen molar-refractivity contribution >= 4 is 11.0 Å². The quantitative estimate of drug-likeness (QED) is 0.900. The van der Waals surface area contributed by atoms with E-state index in [2.05, 4.69) is 13.8 Å². The fourth-order valence-electron chi connectivity index (χ4n) is 1.64. The van der Waals surface area contributed by atoms with E-state index in [1.165, 1.54) is 6.07 Å². The first-order valence-corrected chi connectivity index (χ1v) is 6.00. The average Bonchev–Trinajstić information content (AvgIpc) is 2.35.